The molecule has 0 aromatic carbocycles. The van der Waals surface area contributed by atoms with Crippen LogP contribution in [-0.4, -0.2) is 36.7 Å². The molecule has 0 radical (unpaired) electrons. The summed E-state index contributed by atoms with van der Waals surface area (Å²) in [6.07, 6.45) is 10.9. The molecule has 6 rings (SSSR count). The van der Waals surface area contributed by atoms with Crippen molar-refractivity contribution in [2.75, 3.05) is 6.61 Å². The van der Waals surface area contributed by atoms with Crippen molar-refractivity contribution in [3.05, 3.63) is 11.6 Å². The van der Waals surface area contributed by atoms with E-state index >= 15 is 0 Å². The van der Waals surface area contributed by atoms with E-state index in [1.807, 2.05) is 0 Å². The van der Waals surface area contributed by atoms with E-state index in [0.717, 1.165) is 38.7 Å². The molecule has 0 aromatic rings. The van der Waals surface area contributed by atoms with Crippen LogP contribution in [-0.2, 0) is 19.0 Å². The summed E-state index contributed by atoms with van der Waals surface area (Å²) < 4.78 is 32.3. The van der Waals surface area contributed by atoms with Gasteiger partial charge in [-0.05, 0) is 92.3 Å². The van der Waals surface area contributed by atoms with Crippen LogP contribution in [0.25, 0.3) is 0 Å². The molecule has 0 bridgehead atoms. The summed E-state index contributed by atoms with van der Waals surface area (Å²) >= 11 is 0. The average molecular weight is 489 g/mol. The van der Waals surface area contributed by atoms with Crippen molar-refractivity contribution in [2.24, 2.45) is 46.3 Å². The Labute approximate surface area is 210 Å². The second-order valence-corrected chi connectivity index (χ2v) is 13.7. The van der Waals surface area contributed by atoms with Gasteiger partial charge in [-0.25, -0.2) is 9.18 Å². The highest BCUT2D eigenvalue weighted by molar-refractivity contribution is 5.74. The smallest absolute Gasteiger partial charge is 0.340 e. The molecule has 0 aromatic heterocycles. The van der Waals surface area contributed by atoms with Gasteiger partial charge in [-0.15, -0.1) is 0 Å². The van der Waals surface area contributed by atoms with Crippen LogP contribution in [0.4, 0.5) is 4.39 Å². The standard InChI is InChI=1S/C30H45FO4/c1-17-8-13-30(33-16-17)18(2)26-25(35-30)15-24-22-7-6-20-14-21(34-27(32)19(3)31)9-11-28(20,4)23(22)10-12-29(24,26)5/h6,17-19,21-26H,7-16H2,1-5H3/t17-,18+,19-,21+,22-,23+,24+,25+,26+,28+,29+,30-/m1/s1. The quantitative estimate of drug-likeness (QED) is 0.324. The summed E-state index contributed by atoms with van der Waals surface area (Å²) in [6, 6.07) is 0. The molecular weight excluding hydrogens is 443 g/mol. The van der Waals surface area contributed by atoms with E-state index < -0.39 is 12.1 Å². The molecule has 5 heteroatoms. The predicted molar refractivity (Wildman–Crippen MR) is 132 cm³/mol. The van der Waals surface area contributed by atoms with Gasteiger partial charge in [0.05, 0.1) is 12.7 Å². The lowest BCUT2D eigenvalue weighted by Crippen LogP contribution is -2.52. The summed E-state index contributed by atoms with van der Waals surface area (Å²) in [7, 11) is 0. The predicted octanol–water partition coefficient (Wildman–Crippen LogP) is 6.62. The molecule has 2 saturated heterocycles. The number of halogens is 1. The third-order valence-electron chi connectivity index (χ3n) is 11.9. The highest BCUT2D eigenvalue weighted by atomic mass is 19.1. The molecule has 0 amide bonds. The Balaban J connectivity index is 1.21. The fraction of sp³-hybridized carbons (Fsp3) is 0.900. The largest absolute Gasteiger partial charge is 0.460 e. The number of carbonyl (C=O) groups excluding carboxylic acids is 1. The van der Waals surface area contributed by atoms with E-state index in [0.29, 0.717) is 47.0 Å². The van der Waals surface area contributed by atoms with Gasteiger partial charge in [0.15, 0.2) is 12.0 Å². The normalized spacial score (nSPS) is 53.7. The van der Waals surface area contributed by atoms with Crippen LogP contribution in [0.2, 0.25) is 0 Å². The third-order valence-corrected chi connectivity index (χ3v) is 11.9. The van der Waals surface area contributed by atoms with Gasteiger partial charge in [-0.1, -0.05) is 39.3 Å². The monoisotopic (exact) mass is 488 g/mol. The molecule has 6 aliphatic rings. The molecular formula is C30H45FO4. The maximum Gasteiger partial charge on any atom is 0.340 e. The zero-order valence-corrected chi connectivity index (χ0v) is 22.4. The minimum atomic E-state index is -1.54. The Morgan fingerprint density at radius 2 is 1.94 bits per heavy atom. The molecule has 0 N–H and O–H groups in total. The first-order valence-corrected chi connectivity index (χ1v) is 14.4. The maximum absolute atomic E-state index is 13.4. The molecule has 3 saturated carbocycles. The van der Waals surface area contributed by atoms with Crippen molar-refractivity contribution in [1.82, 2.24) is 0 Å². The van der Waals surface area contributed by atoms with Crippen LogP contribution >= 0.6 is 0 Å². The lowest BCUT2D eigenvalue weighted by molar-refractivity contribution is -0.272. The highest BCUT2D eigenvalue weighted by Gasteiger charge is 2.68. The SMILES string of the molecule is C[C@@H]1CC[C@@]2(OC1)O[C@H]1C[C@H]3[C@@H]4CC=C5C[C@@H](OC(=O)[C@@H](C)F)CC[C@]5(C)[C@H]4CC[C@]3(C)[C@H]1[C@@H]2C. The van der Waals surface area contributed by atoms with Gasteiger partial charge in [-0.3, -0.25) is 0 Å². The van der Waals surface area contributed by atoms with Crippen LogP contribution in [0, 0.1) is 46.3 Å². The summed E-state index contributed by atoms with van der Waals surface area (Å²) in [5.41, 5.74) is 1.97. The Bertz CT molecular complexity index is 891. The van der Waals surface area contributed by atoms with E-state index in [4.69, 9.17) is 14.2 Å². The second-order valence-electron chi connectivity index (χ2n) is 13.7. The number of hydrogen-bond donors (Lipinski definition) is 0. The zero-order chi connectivity index (χ0) is 24.8. The number of rotatable bonds is 2. The highest BCUT2D eigenvalue weighted by Crippen LogP contribution is 2.70. The Morgan fingerprint density at radius 1 is 1.14 bits per heavy atom. The van der Waals surface area contributed by atoms with Gasteiger partial charge in [0.1, 0.15) is 6.10 Å². The number of fused-ring (bicyclic) bond motifs is 7. The zero-order valence-electron chi connectivity index (χ0n) is 22.4. The van der Waals surface area contributed by atoms with Crippen molar-refractivity contribution in [1.29, 1.82) is 0 Å². The second kappa shape index (κ2) is 8.28. The molecule has 0 unspecified atom stereocenters. The van der Waals surface area contributed by atoms with E-state index in [1.54, 1.807) is 0 Å². The van der Waals surface area contributed by atoms with E-state index in [9.17, 15) is 9.18 Å². The van der Waals surface area contributed by atoms with Crippen molar-refractivity contribution in [3.63, 3.8) is 0 Å². The minimum absolute atomic E-state index is 0.167. The molecule has 4 aliphatic carbocycles. The number of hydrogen-bond acceptors (Lipinski definition) is 4. The van der Waals surface area contributed by atoms with Gasteiger partial charge in [-0.2, -0.15) is 0 Å². The topological polar surface area (TPSA) is 44.8 Å². The fourth-order valence-corrected chi connectivity index (χ4v) is 10.0. The van der Waals surface area contributed by atoms with Crippen molar-refractivity contribution in [3.8, 4) is 0 Å². The minimum Gasteiger partial charge on any atom is -0.460 e. The first-order valence-electron chi connectivity index (χ1n) is 14.4. The van der Waals surface area contributed by atoms with Gasteiger partial charge >= 0.3 is 5.97 Å². The van der Waals surface area contributed by atoms with Gasteiger partial charge in [0.2, 0.25) is 0 Å². The van der Waals surface area contributed by atoms with Crippen LogP contribution in [0.3, 0.4) is 0 Å². The summed E-state index contributed by atoms with van der Waals surface area (Å²) in [4.78, 5) is 11.9. The number of allylic oxidation sites excluding steroid dienone is 1. The molecule has 12 atom stereocenters. The van der Waals surface area contributed by atoms with Crippen LogP contribution in [0.5, 0.6) is 0 Å². The van der Waals surface area contributed by atoms with Crippen molar-refractivity contribution >= 4 is 5.97 Å². The van der Waals surface area contributed by atoms with Crippen LogP contribution in [0.1, 0.15) is 92.4 Å². The first-order chi connectivity index (χ1) is 16.6. The summed E-state index contributed by atoms with van der Waals surface area (Å²) in [5.74, 6) is 2.74. The van der Waals surface area contributed by atoms with E-state index in [2.05, 4.69) is 33.8 Å². The van der Waals surface area contributed by atoms with Gasteiger partial charge < -0.3 is 14.2 Å². The Hall–Kier alpha value is -0.940. The molecule has 5 fully saturated rings. The summed E-state index contributed by atoms with van der Waals surface area (Å²) in [5, 5.41) is 0. The fourth-order valence-electron chi connectivity index (χ4n) is 10.0. The Morgan fingerprint density at radius 3 is 2.66 bits per heavy atom. The van der Waals surface area contributed by atoms with Gasteiger partial charge in [0.25, 0.3) is 0 Å². The van der Waals surface area contributed by atoms with E-state index in [-0.39, 0.29) is 17.3 Å². The third kappa shape index (κ3) is 3.53. The van der Waals surface area contributed by atoms with Gasteiger partial charge in [0, 0.05) is 18.8 Å². The van der Waals surface area contributed by atoms with Crippen molar-refractivity contribution < 1.29 is 23.4 Å². The maximum atomic E-state index is 13.4. The molecule has 2 aliphatic heterocycles. The van der Waals surface area contributed by atoms with Crippen LogP contribution in [0.15, 0.2) is 11.6 Å². The number of esters is 1. The number of ether oxygens (including phenoxy) is 3. The molecule has 35 heavy (non-hydrogen) atoms. The molecule has 4 nitrogen and oxygen atoms in total. The molecule has 1 spiro atoms. The first kappa shape index (κ1) is 24.4. The number of alkyl halides is 1. The van der Waals surface area contributed by atoms with Crippen LogP contribution < -0.4 is 0 Å². The van der Waals surface area contributed by atoms with Crippen molar-refractivity contribution in [2.45, 2.75) is 117 Å². The summed E-state index contributed by atoms with van der Waals surface area (Å²) in [6.45, 7) is 11.9. The molecule has 2 heterocycles. The molecule has 196 valence electrons. The number of carbonyl (C=O) groups is 1. The Kier molecular flexibility index (Phi) is 5.77. The average Bonchev–Trinajstić information content (AvgIpc) is 3.26. The van der Waals surface area contributed by atoms with E-state index in [1.165, 1.54) is 38.2 Å². The lowest BCUT2D eigenvalue weighted by atomic mass is 9.47. The lowest BCUT2D eigenvalue weighted by Gasteiger charge is -2.58.